The number of hydrogen-bond donors (Lipinski definition) is 1. The van der Waals surface area contributed by atoms with Crippen molar-refractivity contribution >= 4 is 5.91 Å². The van der Waals surface area contributed by atoms with E-state index in [4.69, 9.17) is 11.0 Å². The molecule has 4 heteroatoms. The summed E-state index contributed by atoms with van der Waals surface area (Å²) in [5, 5.41) is 8.40. The van der Waals surface area contributed by atoms with Crippen molar-refractivity contribution in [3.05, 3.63) is 0 Å². The molecule has 0 spiro atoms. The van der Waals surface area contributed by atoms with E-state index in [0.717, 1.165) is 0 Å². The third-order valence-electron chi connectivity index (χ3n) is 1.76. The van der Waals surface area contributed by atoms with E-state index in [9.17, 15) is 4.79 Å². The van der Waals surface area contributed by atoms with Gasteiger partial charge in [0.25, 0.3) is 0 Å². The molecule has 1 unspecified atom stereocenters. The zero-order chi connectivity index (χ0) is 10.4. The second-order valence-electron chi connectivity index (χ2n) is 3.32. The van der Waals surface area contributed by atoms with E-state index in [0.29, 0.717) is 13.0 Å². The predicted molar refractivity (Wildman–Crippen MR) is 50.7 cm³/mol. The van der Waals surface area contributed by atoms with Crippen LogP contribution in [0.3, 0.4) is 0 Å². The van der Waals surface area contributed by atoms with Gasteiger partial charge < -0.3 is 10.6 Å². The van der Waals surface area contributed by atoms with Crippen molar-refractivity contribution in [3.8, 4) is 6.07 Å². The number of rotatable bonds is 4. The summed E-state index contributed by atoms with van der Waals surface area (Å²) >= 11 is 0. The van der Waals surface area contributed by atoms with Crippen molar-refractivity contribution in [3.63, 3.8) is 0 Å². The smallest absolute Gasteiger partial charge is 0.239 e. The Labute approximate surface area is 79.3 Å². The summed E-state index contributed by atoms with van der Waals surface area (Å²) in [4.78, 5) is 13.1. The summed E-state index contributed by atoms with van der Waals surface area (Å²) in [6.45, 7) is 5.95. The van der Waals surface area contributed by atoms with Gasteiger partial charge in [-0.2, -0.15) is 5.26 Å². The summed E-state index contributed by atoms with van der Waals surface area (Å²) in [5.41, 5.74) is 5.47. The van der Waals surface area contributed by atoms with Gasteiger partial charge in [0, 0.05) is 12.6 Å². The number of amides is 1. The van der Waals surface area contributed by atoms with Gasteiger partial charge >= 0.3 is 0 Å². The molecule has 2 N–H and O–H groups in total. The molecule has 0 aromatic rings. The average Bonchev–Trinajstić information content (AvgIpc) is 2.04. The maximum Gasteiger partial charge on any atom is 0.239 e. The van der Waals surface area contributed by atoms with Crippen LogP contribution in [0.1, 0.15) is 27.2 Å². The van der Waals surface area contributed by atoms with Crippen LogP contribution in [0, 0.1) is 11.3 Å². The highest BCUT2D eigenvalue weighted by atomic mass is 16.2. The first-order valence-electron chi connectivity index (χ1n) is 4.43. The lowest BCUT2D eigenvalue weighted by Crippen LogP contribution is -2.45. The van der Waals surface area contributed by atoms with Crippen LogP contribution < -0.4 is 5.73 Å². The van der Waals surface area contributed by atoms with E-state index < -0.39 is 6.04 Å². The largest absolute Gasteiger partial charge is 0.338 e. The van der Waals surface area contributed by atoms with E-state index >= 15 is 0 Å². The molecule has 0 aliphatic carbocycles. The highest BCUT2D eigenvalue weighted by molar-refractivity contribution is 5.81. The lowest BCUT2D eigenvalue weighted by atomic mass is 10.2. The Morgan fingerprint density at radius 3 is 2.38 bits per heavy atom. The van der Waals surface area contributed by atoms with Crippen molar-refractivity contribution in [1.29, 1.82) is 5.26 Å². The van der Waals surface area contributed by atoms with Gasteiger partial charge in [-0.1, -0.05) is 0 Å². The molecule has 0 fully saturated rings. The first-order valence-corrected chi connectivity index (χ1v) is 4.43. The first-order chi connectivity index (χ1) is 6.00. The summed E-state index contributed by atoms with van der Waals surface area (Å²) in [5.74, 6) is -0.0924. The molecule has 0 aliphatic rings. The molecular formula is C9H17N3O. The molecule has 74 valence electrons. The van der Waals surface area contributed by atoms with Crippen molar-refractivity contribution < 1.29 is 4.79 Å². The van der Waals surface area contributed by atoms with E-state index in [1.54, 1.807) is 11.8 Å². The van der Waals surface area contributed by atoms with Gasteiger partial charge in [-0.25, -0.2) is 0 Å². The third-order valence-corrected chi connectivity index (χ3v) is 1.76. The minimum atomic E-state index is -0.485. The van der Waals surface area contributed by atoms with E-state index in [1.807, 2.05) is 19.9 Å². The van der Waals surface area contributed by atoms with Gasteiger partial charge in [0.15, 0.2) is 0 Å². The molecule has 0 saturated carbocycles. The molecule has 0 aromatic carbocycles. The fourth-order valence-corrected chi connectivity index (χ4v) is 1.05. The number of carbonyl (C=O) groups is 1. The normalized spacial score (nSPS) is 12.3. The molecule has 0 rings (SSSR count). The SMILES string of the molecule is CC(N)C(=O)N(CCC#N)C(C)C. The van der Waals surface area contributed by atoms with Crippen LogP contribution in [-0.4, -0.2) is 29.4 Å². The maximum atomic E-state index is 11.5. The predicted octanol–water partition coefficient (Wildman–Crippen LogP) is 0.484. The second-order valence-corrected chi connectivity index (χ2v) is 3.32. The van der Waals surface area contributed by atoms with E-state index in [2.05, 4.69) is 0 Å². The van der Waals surface area contributed by atoms with Crippen LogP contribution in [0.15, 0.2) is 0 Å². The topological polar surface area (TPSA) is 70.1 Å². The maximum absolute atomic E-state index is 11.5. The lowest BCUT2D eigenvalue weighted by molar-refractivity contribution is -0.133. The van der Waals surface area contributed by atoms with Crippen LogP contribution in [-0.2, 0) is 4.79 Å². The Morgan fingerprint density at radius 2 is 2.08 bits per heavy atom. The zero-order valence-corrected chi connectivity index (χ0v) is 8.45. The van der Waals surface area contributed by atoms with Crippen molar-refractivity contribution in [2.24, 2.45) is 5.73 Å². The van der Waals surface area contributed by atoms with Crippen LogP contribution in [0.2, 0.25) is 0 Å². The minimum absolute atomic E-state index is 0.0924. The minimum Gasteiger partial charge on any atom is -0.338 e. The van der Waals surface area contributed by atoms with E-state index in [-0.39, 0.29) is 11.9 Å². The Balaban J connectivity index is 4.26. The van der Waals surface area contributed by atoms with Gasteiger partial charge in [0.2, 0.25) is 5.91 Å². The molecular weight excluding hydrogens is 166 g/mol. The fraction of sp³-hybridized carbons (Fsp3) is 0.778. The zero-order valence-electron chi connectivity index (χ0n) is 8.45. The Morgan fingerprint density at radius 1 is 1.54 bits per heavy atom. The highest BCUT2D eigenvalue weighted by Crippen LogP contribution is 2.01. The monoisotopic (exact) mass is 183 g/mol. The van der Waals surface area contributed by atoms with Crippen LogP contribution in [0.25, 0.3) is 0 Å². The first kappa shape index (κ1) is 11.9. The number of hydrogen-bond acceptors (Lipinski definition) is 3. The fourth-order valence-electron chi connectivity index (χ4n) is 1.05. The summed E-state index contributed by atoms with van der Waals surface area (Å²) < 4.78 is 0. The van der Waals surface area contributed by atoms with Gasteiger partial charge in [-0.15, -0.1) is 0 Å². The summed E-state index contributed by atoms with van der Waals surface area (Å²) in [7, 11) is 0. The van der Waals surface area contributed by atoms with Gasteiger partial charge in [-0.05, 0) is 20.8 Å². The van der Waals surface area contributed by atoms with Crippen LogP contribution >= 0.6 is 0 Å². The number of carbonyl (C=O) groups excluding carboxylic acids is 1. The molecule has 0 aliphatic heterocycles. The molecule has 13 heavy (non-hydrogen) atoms. The third kappa shape index (κ3) is 3.90. The van der Waals surface area contributed by atoms with Gasteiger partial charge in [-0.3, -0.25) is 4.79 Å². The van der Waals surface area contributed by atoms with E-state index in [1.165, 1.54) is 0 Å². The van der Waals surface area contributed by atoms with Crippen molar-refractivity contribution in [2.45, 2.75) is 39.3 Å². The molecule has 0 heterocycles. The number of nitrogens with two attached hydrogens (primary N) is 1. The van der Waals surface area contributed by atoms with Crippen molar-refractivity contribution in [2.75, 3.05) is 6.54 Å². The quantitative estimate of drug-likeness (QED) is 0.689. The second kappa shape index (κ2) is 5.55. The van der Waals surface area contributed by atoms with Gasteiger partial charge in [0.1, 0.15) is 0 Å². The lowest BCUT2D eigenvalue weighted by Gasteiger charge is -2.27. The van der Waals surface area contributed by atoms with Crippen molar-refractivity contribution in [1.82, 2.24) is 4.90 Å². The number of nitriles is 1. The Kier molecular flexibility index (Phi) is 5.09. The van der Waals surface area contributed by atoms with Crippen LogP contribution in [0.4, 0.5) is 0 Å². The molecule has 1 amide bonds. The molecule has 4 nitrogen and oxygen atoms in total. The standard InChI is InChI=1S/C9H17N3O/c1-7(2)12(6-4-5-10)9(13)8(3)11/h7-8H,4,6,11H2,1-3H3. The molecule has 1 atom stereocenters. The van der Waals surface area contributed by atoms with Crippen LogP contribution in [0.5, 0.6) is 0 Å². The molecule has 0 radical (unpaired) electrons. The molecule has 0 aromatic heterocycles. The molecule has 0 bridgehead atoms. The Hall–Kier alpha value is -1.08. The average molecular weight is 183 g/mol. The van der Waals surface area contributed by atoms with Gasteiger partial charge in [0.05, 0.1) is 18.5 Å². The Bertz CT molecular complexity index is 205. The molecule has 0 saturated heterocycles. The highest BCUT2D eigenvalue weighted by Gasteiger charge is 2.19. The number of nitrogens with zero attached hydrogens (tertiary/aromatic N) is 2. The summed E-state index contributed by atoms with van der Waals surface area (Å²) in [6, 6.07) is 1.63. The summed E-state index contributed by atoms with van der Waals surface area (Å²) in [6.07, 6.45) is 0.358.